The zero-order valence-electron chi connectivity index (χ0n) is 12.8. The van der Waals surface area contributed by atoms with E-state index in [1.165, 1.54) is 11.1 Å². The van der Waals surface area contributed by atoms with Gasteiger partial charge < -0.3 is 5.10 Å². The summed E-state index contributed by atoms with van der Waals surface area (Å²) >= 11 is 0. The van der Waals surface area contributed by atoms with Gasteiger partial charge in [-0.2, -0.15) is 0 Å². The molecule has 0 atom stereocenters. The van der Waals surface area contributed by atoms with Gasteiger partial charge in [0.2, 0.25) is 0 Å². The fraction of sp³-hybridized carbons (Fsp3) is 0.471. The summed E-state index contributed by atoms with van der Waals surface area (Å²) in [6, 6.07) is 8.61. The van der Waals surface area contributed by atoms with Crippen LogP contribution in [-0.2, 0) is 12.8 Å². The fourth-order valence-electron chi connectivity index (χ4n) is 2.53. The van der Waals surface area contributed by atoms with Crippen LogP contribution in [0.1, 0.15) is 56.0 Å². The van der Waals surface area contributed by atoms with Crippen LogP contribution in [0.15, 0.2) is 29.1 Å². The lowest BCUT2D eigenvalue weighted by Crippen LogP contribution is -2.08. The third kappa shape index (κ3) is 3.41. The smallest absolute Gasteiger partial charge is 0.267 e. The van der Waals surface area contributed by atoms with Gasteiger partial charge in [-0.1, -0.05) is 52.0 Å². The summed E-state index contributed by atoms with van der Waals surface area (Å²) in [5.41, 5.74) is 4.41. The van der Waals surface area contributed by atoms with E-state index >= 15 is 0 Å². The first-order chi connectivity index (χ1) is 9.47. The van der Waals surface area contributed by atoms with Crippen LogP contribution in [0.2, 0.25) is 0 Å². The number of aromatic nitrogens is 2. The van der Waals surface area contributed by atoms with Gasteiger partial charge in [-0.05, 0) is 29.4 Å². The molecule has 0 aliphatic carbocycles. The molecule has 1 heterocycles. The molecule has 0 saturated carbocycles. The predicted molar refractivity (Wildman–Crippen MR) is 83.3 cm³/mol. The second kappa shape index (κ2) is 6.12. The monoisotopic (exact) mass is 272 g/mol. The van der Waals surface area contributed by atoms with E-state index < -0.39 is 0 Å². The Hall–Kier alpha value is -1.77. The summed E-state index contributed by atoms with van der Waals surface area (Å²) in [7, 11) is 0. The largest absolute Gasteiger partial charge is 0.302 e. The Balaban J connectivity index is 2.18. The summed E-state index contributed by atoms with van der Waals surface area (Å²) in [4.78, 5) is 11.9. The van der Waals surface area contributed by atoms with Crippen LogP contribution in [0.5, 0.6) is 0 Å². The molecule has 0 bridgehead atoms. The van der Waals surface area contributed by atoms with Gasteiger partial charge in [-0.25, -0.2) is 0 Å². The van der Waals surface area contributed by atoms with Crippen LogP contribution in [0, 0.1) is 5.92 Å². The molecule has 0 saturated heterocycles. The third-order valence-electron chi connectivity index (χ3n) is 3.54. The molecule has 0 unspecified atom stereocenters. The molecule has 0 aliphatic heterocycles. The molecular weight excluding hydrogens is 248 g/mol. The van der Waals surface area contributed by atoms with Crippen molar-refractivity contribution >= 4 is 0 Å². The number of aromatic amines is 2. The molecule has 0 fully saturated rings. The van der Waals surface area contributed by atoms with E-state index in [4.69, 9.17) is 0 Å². The molecule has 108 valence electrons. The first-order valence-corrected chi connectivity index (χ1v) is 7.34. The first-order valence-electron chi connectivity index (χ1n) is 7.34. The molecule has 2 N–H and O–H groups in total. The molecule has 0 amide bonds. The number of nitrogens with one attached hydrogen (secondary N) is 2. The lowest BCUT2D eigenvalue weighted by molar-refractivity contribution is 0.647. The summed E-state index contributed by atoms with van der Waals surface area (Å²) in [5.74, 6) is 0.991. The van der Waals surface area contributed by atoms with Crippen molar-refractivity contribution in [1.82, 2.24) is 10.2 Å². The Morgan fingerprint density at radius 3 is 2.10 bits per heavy atom. The van der Waals surface area contributed by atoms with Gasteiger partial charge in [-0.15, -0.1) is 0 Å². The van der Waals surface area contributed by atoms with Crippen molar-refractivity contribution in [3.05, 3.63) is 57.0 Å². The quantitative estimate of drug-likeness (QED) is 0.858. The highest BCUT2D eigenvalue weighted by Crippen LogP contribution is 2.17. The second-order valence-electron chi connectivity index (χ2n) is 6.22. The fourth-order valence-corrected chi connectivity index (χ4v) is 2.53. The van der Waals surface area contributed by atoms with Gasteiger partial charge in [0.1, 0.15) is 0 Å². The van der Waals surface area contributed by atoms with E-state index in [0.29, 0.717) is 18.3 Å². The summed E-state index contributed by atoms with van der Waals surface area (Å²) in [6.45, 7) is 8.63. The molecule has 20 heavy (non-hydrogen) atoms. The Morgan fingerprint density at radius 1 is 0.950 bits per heavy atom. The van der Waals surface area contributed by atoms with Crippen LogP contribution < -0.4 is 5.56 Å². The van der Waals surface area contributed by atoms with E-state index in [9.17, 15) is 4.79 Å². The van der Waals surface area contributed by atoms with Gasteiger partial charge in [0.05, 0.1) is 0 Å². The Labute approximate surface area is 120 Å². The summed E-state index contributed by atoms with van der Waals surface area (Å²) in [6.07, 6.45) is 1.79. The van der Waals surface area contributed by atoms with Crippen molar-refractivity contribution in [2.45, 2.75) is 46.5 Å². The first kappa shape index (κ1) is 14.6. The lowest BCUT2D eigenvalue weighted by atomic mass is 9.97. The van der Waals surface area contributed by atoms with Crippen LogP contribution in [0.4, 0.5) is 0 Å². The molecular formula is C17H24N2O. The van der Waals surface area contributed by atoms with Gasteiger partial charge in [0.15, 0.2) is 0 Å². The Morgan fingerprint density at radius 2 is 1.55 bits per heavy atom. The molecule has 0 aliphatic rings. The summed E-state index contributed by atoms with van der Waals surface area (Å²) < 4.78 is 0. The number of hydrogen-bond donors (Lipinski definition) is 2. The van der Waals surface area contributed by atoms with E-state index in [0.717, 1.165) is 17.7 Å². The lowest BCUT2D eigenvalue weighted by Gasteiger charge is -2.08. The maximum Gasteiger partial charge on any atom is 0.267 e. The molecule has 2 rings (SSSR count). The number of benzene rings is 1. The zero-order chi connectivity index (χ0) is 14.7. The van der Waals surface area contributed by atoms with Crippen molar-refractivity contribution in [2.75, 3.05) is 0 Å². The molecule has 1 aromatic heterocycles. The molecule has 3 nitrogen and oxygen atoms in total. The van der Waals surface area contributed by atoms with Crippen molar-refractivity contribution in [3.63, 3.8) is 0 Å². The minimum atomic E-state index is -0.0000399. The zero-order valence-corrected chi connectivity index (χ0v) is 12.8. The highest BCUT2D eigenvalue weighted by Gasteiger charge is 2.13. The second-order valence-corrected chi connectivity index (χ2v) is 6.22. The predicted octanol–water partition coefficient (Wildman–Crippen LogP) is 3.62. The Kier molecular flexibility index (Phi) is 4.48. The van der Waals surface area contributed by atoms with Gasteiger partial charge >= 0.3 is 0 Å². The SMILES string of the molecule is CC(C)Cc1ccc(Cc2c(C(C)C)[nH][nH]c2=O)cc1. The van der Waals surface area contributed by atoms with Gasteiger partial charge in [-0.3, -0.25) is 9.89 Å². The average molecular weight is 272 g/mol. The normalized spacial score (nSPS) is 11.5. The van der Waals surface area contributed by atoms with E-state index in [2.05, 4.69) is 62.2 Å². The maximum atomic E-state index is 11.9. The highest BCUT2D eigenvalue weighted by atomic mass is 16.1. The van der Waals surface area contributed by atoms with Crippen LogP contribution in [-0.4, -0.2) is 10.2 Å². The Bertz CT molecular complexity index is 603. The van der Waals surface area contributed by atoms with E-state index in [1.807, 2.05) is 0 Å². The van der Waals surface area contributed by atoms with Gasteiger partial charge in [0, 0.05) is 17.7 Å². The third-order valence-corrected chi connectivity index (χ3v) is 3.54. The topological polar surface area (TPSA) is 48.6 Å². The molecule has 2 aromatic rings. The molecule has 3 heteroatoms. The number of hydrogen-bond acceptors (Lipinski definition) is 1. The van der Waals surface area contributed by atoms with E-state index in [-0.39, 0.29) is 5.56 Å². The van der Waals surface area contributed by atoms with E-state index in [1.54, 1.807) is 0 Å². The summed E-state index contributed by atoms with van der Waals surface area (Å²) in [5, 5.41) is 5.69. The van der Waals surface area contributed by atoms with Crippen LogP contribution in [0.25, 0.3) is 0 Å². The number of rotatable bonds is 5. The van der Waals surface area contributed by atoms with Crippen molar-refractivity contribution in [3.8, 4) is 0 Å². The van der Waals surface area contributed by atoms with Crippen molar-refractivity contribution < 1.29 is 0 Å². The molecule has 0 radical (unpaired) electrons. The minimum absolute atomic E-state index is 0.0000399. The van der Waals surface area contributed by atoms with Crippen LogP contribution in [0.3, 0.4) is 0 Å². The number of H-pyrrole nitrogens is 2. The minimum Gasteiger partial charge on any atom is -0.302 e. The average Bonchev–Trinajstić information content (AvgIpc) is 2.73. The maximum absolute atomic E-state index is 11.9. The molecule has 0 spiro atoms. The van der Waals surface area contributed by atoms with Crippen molar-refractivity contribution in [2.24, 2.45) is 5.92 Å². The van der Waals surface area contributed by atoms with Crippen LogP contribution >= 0.6 is 0 Å². The van der Waals surface area contributed by atoms with Gasteiger partial charge in [0.25, 0.3) is 5.56 Å². The highest BCUT2D eigenvalue weighted by molar-refractivity contribution is 5.30. The van der Waals surface area contributed by atoms with Crippen molar-refractivity contribution in [1.29, 1.82) is 0 Å². The molecule has 1 aromatic carbocycles. The standard InChI is InChI=1S/C17H24N2O/c1-11(2)9-13-5-7-14(8-6-13)10-15-16(12(3)4)18-19-17(15)20/h5-8,11-12H,9-10H2,1-4H3,(H2,18,19,20).